The maximum absolute atomic E-state index is 13.0. The van der Waals surface area contributed by atoms with Crippen LogP contribution in [0.5, 0.6) is 0 Å². The largest absolute Gasteiger partial charge is 0.469 e. The zero-order valence-electron chi connectivity index (χ0n) is 16.1. The second kappa shape index (κ2) is 8.97. The summed E-state index contributed by atoms with van der Waals surface area (Å²) in [5.41, 5.74) is 1.82. The molecule has 0 bridgehead atoms. The summed E-state index contributed by atoms with van der Waals surface area (Å²) < 4.78 is 39.3. The van der Waals surface area contributed by atoms with E-state index in [1.54, 1.807) is 24.3 Å². The molecular weight excluding hydrogens is 433 g/mol. The van der Waals surface area contributed by atoms with E-state index in [1.165, 1.54) is 23.2 Å². The molecule has 0 aliphatic heterocycles. The molecule has 2 heterocycles. The molecule has 0 unspecified atom stereocenters. The Balaban J connectivity index is 1.89. The van der Waals surface area contributed by atoms with E-state index in [1.807, 2.05) is 16.8 Å². The SMILES string of the molecule is [C-]#[N+]c1nc(C(F)(F)F)nn1CC(=O)N(Cc1ccsc1)c1ccc(NC(C)=O)cc1. The number of benzene rings is 1. The van der Waals surface area contributed by atoms with Gasteiger partial charge in [-0.1, -0.05) is 5.10 Å². The van der Waals surface area contributed by atoms with Gasteiger partial charge in [0.2, 0.25) is 5.91 Å². The molecule has 3 rings (SSSR count). The summed E-state index contributed by atoms with van der Waals surface area (Å²) in [5, 5.41) is 9.58. The lowest BCUT2D eigenvalue weighted by Gasteiger charge is -2.22. The van der Waals surface area contributed by atoms with Crippen LogP contribution in [0, 0.1) is 6.57 Å². The van der Waals surface area contributed by atoms with Crippen molar-refractivity contribution in [3.63, 3.8) is 0 Å². The number of hydrogen-bond acceptors (Lipinski definition) is 5. The molecule has 1 N–H and O–H groups in total. The molecule has 0 fully saturated rings. The molecule has 2 amide bonds. The van der Waals surface area contributed by atoms with Crippen LogP contribution in [0.25, 0.3) is 4.85 Å². The summed E-state index contributed by atoms with van der Waals surface area (Å²) in [7, 11) is 0. The van der Waals surface area contributed by atoms with Crippen molar-refractivity contribution in [2.45, 2.75) is 26.2 Å². The van der Waals surface area contributed by atoms with Crippen molar-refractivity contribution in [1.29, 1.82) is 0 Å². The number of anilines is 2. The maximum Gasteiger partial charge on any atom is 0.469 e. The van der Waals surface area contributed by atoms with Gasteiger partial charge in [-0.05, 0) is 46.7 Å². The minimum absolute atomic E-state index is 0.163. The van der Waals surface area contributed by atoms with Gasteiger partial charge >= 0.3 is 17.9 Å². The van der Waals surface area contributed by atoms with E-state index in [-0.39, 0.29) is 12.5 Å². The van der Waals surface area contributed by atoms with E-state index < -0.39 is 30.4 Å². The van der Waals surface area contributed by atoms with E-state index in [4.69, 9.17) is 6.57 Å². The molecule has 0 spiro atoms. The van der Waals surface area contributed by atoms with Crippen LogP contribution in [0.15, 0.2) is 41.1 Å². The second-order valence-electron chi connectivity index (χ2n) is 6.34. The molecule has 0 radical (unpaired) electrons. The van der Waals surface area contributed by atoms with Crippen molar-refractivity contribution in [1.82, 2.24) is 14.8 Å². The molecule has 0 aliphatic carbocycles. The Hall–Kier alpha value is -3.72. The first kappa shape index (κ1) is 22.0. The van der Waals surface area contributed by atoms with Gasteiger partial charge in [-0.2, -0.15) is 29.2 Å². The smallest absolute Gasteiger partial charge is 0.395 e. The Morgan fingerprint density at radius 1 is 1.26 bits per heavy atom. The van der Waals surface area contributed by atoms with Gasteiger partial charge in [-0.25, -0.2) is 0 Å². The molecule has 1 aromatic carbocycles. The van der Waals surface area contributed by atoms with Crippen LogP contribution in [0.2, 0.25) is 0 Å². The van der Waals surface area contributed by atoms with Gasteiger partial charge < -0.3 is 15.1 Å². The van der Waals surface area contributed by atoms with Crippen LogP contribution in [0.1, 0.15) is 18.3 Å². The summed E-state index contributed by atoms with van der Waals surface area (Å²) >= 11 is 1.44. The highest BCUT2D eigenvalue weighted by molar-refractivity contribution is 7.07. The summed E-state index contributed by atoms with van der Waals surface area (Å²) in [6.07, 6.45) is -4.83. The third-order valence-corrected chi connectivity index (χ3v) is 4.74. The Morgan fingerprint density at radius 3 is 2.52 bits per heavy atom. The molecule has 2 aromatic heterocycles. The van der Waals surface area contributed by atoms with Crippen molar-refractivity contribution in [3.05, 3.63) is 63.9 Å². The number of rotatable bonds is 6. The molecule has 31 heavy (non-hydrogen) atoms. The lowest BCUT2D eigenvalue weighted by Crippen LogP contribution is -2.33. The summed E-state index contributed by atoms with van der Waals surface area (Å²) in [5.74, 6) is -2.94. The maximum atomic E-state index is 13.0. The number of hydrogen-bond donors (Lipinski definition) is 1. The highest BCUT2D eigenvalue weighted by Crippen LogP contribution is 2.28. The van der Waals surface area contributed by atoms with Crippen LogP contribution in [-0.4, -0.2) is 26.6 Å². The first-order valence-electron chi connectivity index (χ1n) is 8.76. The second-order valence-corrected chi connectivity index (χ2v) is 7.12. The Bertz CT molecular complexity index is 1120. The van der Waals surface area contributed by atoms with Gasteiger partial charge in [0.25, 0.3) is 5.91 Å². The fraction of sp³-hybridized carbons (Fsp3) is 0.211. The quantitative estimate of drug-likeness (QED) is 0.576. The third-order valence-electron chi connectivity index (χ3n) is 4.01. The van der Waals surface area contributed by atoms with Crippen molar-refractivity contribution < 1.29 is 22.8 Å². The van der Waals surface area contributed by atoms with Crippen LogP contribution < -0.4 is 10.2 Å². The molecule has 160 valence electrons. The predicted octanol–water partition coefficient (Wildman–Crippen LogP) is 4.10. The van der Waals surface area contributed by atoms with Gasteiger partial charge in [0.1, 0.15) is 0 Å². The number of nitrogens with one attached hydrogen (secondary N) is 1. The average Bonchev–Trinajstić information content (AvgIpc) is 3.35. The first-order chi connectivity index (χ1) is 14.7. The van der Waals surface area contributed by atoms with E-state index in [2.05, 4.69) is 20.2 Å². The Morgan fingerprint density at radius 2 is 1.97 bits per heavy atom. The summed E-state index contributed by atoms with van der Waals surface area (Å²) in [4.78, 5) is 31.7. The molecular formula is C19H15F3N6O2S. The summed E-state index contributed by atoms with van der Waals surface area (Å²) in [6, 6.07) is 8.23. The molecule has 12 heteroatoms. The number of nitrogens with zero attached hydrogens (tertiary/aromatic N) is 5. The zero-order chi connectivity index (χ0) is 22.6. The minimum atomic E-state index is -4.83. The third kappa shape index (κ3) is 5.46. The van der Waals surface area contributed by atoms with Crippen LogP contribution in [0.3, 0.4) is 0 Å². The Labute approximate surface area is 178 Å². The number of aromatic nitrogens is 3. The standard InChI is InChI=1S/C19H15F3N6O2S/c1-12(29)24-14-3-5-15(6-4-14)27(9-13-7-8-31-11-13)16(30)10-28-18(23-2)25-17(26-28)19(20,21)22/h3-8,11H,9-10H2,1H3,(H,24,29). The van der Waals surface area contributed by atoms with Crippen LogP contribution >= 0.6 is 11.3 Å². The molecule has 0 saturated heterocycles. The Kier molecular flexibility index (Phi) is 6.36. The number of amides is 2. The van der Waals surface area contributed by atoms with E-state index in [0.29, 0.717) is 16.1 Å². The van der Waals surface area contributed by atoms with Gasteiger partial charge in [-0.15, -0.1) is 11.6 Å². The molecule has 0 aliphatic rings. The highest BCUT2D eigenvalue weighted by Gasteiger charge is 2.40. The number of thiophene rings is 1. The van der Waals surface area contributed by atoms with E-state index in [9.17, 15) is 22.8 Å². The highest BCUT2D eigenvalue weighted by atomic mass is 32.1. The minimum Gasteiger partial charge on any atom is -0.395 e. The summed E-state index contributed by atoms with van der Waals surface area (Å²) in [6.45, 7) is 7.96. The van der Waals surface area contributed by atoms with Crippen LogP contribution in [0.4, 0.5) is 30.5 Å². The normalized spacial score (nSPS) is 11.1. The molecule has 0 saturated carbocycles. The monoisotopic (exact) mass is 448 g/mol. The molecule has 8 nitrogen and oxygen atoms in total. The zero-order valence-corrected chi connectivity index (χ0v) is 16.9. The average molecular weight is 448 g/mol. The predicted molar refractivity (Wildman–Crippen MR) is 108 cm³/mol. The topological polar surface area (TPSA) is 84.5 Å². The van der Waals surface area contributed by atoms with Crippen LogP contribution in [-0.2, 0) is 28.9 Å². The van der Waals surface area contributed by atoms with Crippen molar-refractivity contribution >= 4 is 40.5 Å². The van der Waals surface area contributed by atoms with Gasteiger partial charge in [0.05, 0.1) is 6.54 Å². The van der Waals surface area contributed by atoms with E-state index in [0.717, 1.165) is 5.56 Å². The lowest BCUT2D eigenvalue weighted by molar-refractivity contribution is -0.145. The van der Waals surface area contributed by atoms with Crippen molar-refractivity contribution in [2.75, 3.05) is 10.2 Å². The van der Waals surface area contributed by atoms with E-state index >= 15 is 0 Å². The van der Waals surface area contributed by atoms with Gasteiger partial charge in [0, 0.05) is 18.3 Å². The fourth-order valence-corrected chi connectivity index (χ4v) is 3.33. The number of carbonyl (C=O) groups is 2. The van der Waals surface area contributed by atoms with Gasteiger partial charge in [0.15, 0.2) is 6.54 Å². The molecule has 0 atom stereocenters. The van der Waals surface area contributed by atoms with Gasteiger partial charge in [-0.3, -0.25) is 9.59 Å². The molecule has 3 aromatic rings. The lowest BCUT2D eigenvalue weighted by atomic mass is 10.2. The van der Waals surface area contributed by atoms with Crippen molar-refractivity contribution in [2.24, 2.45) is 0 Å². The van der Waals surface area contributed by atoms with Crippen molar-refractivity contribution in [3.8, 4) is 0 Å². The number of carbonyl (C=O) groups excluding carboxylic acids is 2. The number of halogens is 3. The number of alkyl halides is 3. The first-order valence-corrected chi connectivity index (χ1v) is 9.70. The fourth-order valence-electron chi connectivity index (χ4n) is 2.67.